The van der Waals surface area contributed by atoms with Crippen LogP contribution in [0.15, 0.2) is 18.2 Å². The Morgan fingerprint density at radius 2 is 2.16 bits per heavy atom. The Hall–Kier alpha value is -1.75. The highest BCUT2D eigenvalue weighted by atomic mass is 16.3. The lowest BCUT2D eigenvalue weighted by Gasteiger charge is -2.32. The number of hydrogen-bond acceptors (Lipinski definition) is 4. The van der Waals surface area contributed by atoms with E-state index in [1.807, 2.05) is 0 Å². The summed E-state index contributed by atoms with van der Waals surface area (Å²) >= 11 is 0. The van der Waals surface area contributed by atoms with Crippen LogP contribution in [-0.2, 0) is 0 Å². The third kappa shape index (κ3) is 3.17. The number of aliphatic hydroxyl groups excluding tert-OH is 1. The van der Waals surface area contributed by atoms with Crippen molar-refractivity contribution in [3.05, 3.63) is 23.8 Å². The van der Waals surface area contributed by atoms with Gasteiger partial charge in [-0.15, -0.1) is 0 Å². The lowest BCUT2D eigenvalue weighted by molar-refractivity contribution is 0.0650. The van der Waals surface area contributed by atoms with Crippen molar-refractivity contribution in [2.75, 3.05) is 19.7 Å². The van der Waals surface area contributed by atoms with Gasteiger partial charge in [-0.3, -0.25) is 4.79 Å². The Labute approximate surface area is 112 Å². The Kier molecular flexibility index (Phi) is 4.27. The molecule has 1 aliphatic heterocycles. The molecule has 1 aromatic carbocycles. The summed E-state index contributed by atoms with van der Waals surface area (Å²) in [6, 6.07) is 3.99. The zero-order chi connectivity index (χ0) is 13.8. The summed E-state index contributed by atoms with van der Waals surface area (Å²) in [5, 5.41) is 27.9. The number of nitrogens with zero attached hydrogens (tertiary/aromatic N) is 1. The van der Waals surface area contributed by atoms with E-state index in [-0.39, 0.29) is 29.6 Å². The molecule has 5 nitrogen and oxygen atoms in total. The molecule has 1 unspecified atom stereocenters. The second kappa shape index (κ2) is 5.93. The number of phenolic OH excluding ortho intramolecular Hbond substituents is 2. The van der Waals surface area contributed by atoms with E-state index in [1.54, 1.807) is 4.90 Å². The predicted octanol–water partition coefficient (Wildman–Crippen LogP) is 1.33. The Morgan fingerprint density at radius 1 is 1.37 bits per heavy atom. The monoisotopic (exact) mass is 265 g/mol. The standard InChI is InChI=1S/C14H19NO4/c16-7-5-10-2-1-6-15(9-10)14(19)12-4-3-11(17)8-13(12)18/h3-4,8,10,16-18H,1-2,5-7,9H2. The quantitative estimate of drug-likeness (QED) is 0.770. The van der Waals surface area contributed by atoms with Crippen molar-refractivity contribution in [2.45, 2.75) is 19.3 Å². The summed E-state index contributed by atoms with van der Waals surface area (Å²) in [6.07, 6.45) is 2.63. The van der Waals surface area contributed by atoms with Crippen molar-refractivity contribution >= 4 is 5.91 Å². The van der Waals surface area contributed by atoms with Crippen molar-refractivity contribution in [2.24, 2.45) is 5.92 Å². The van der Waals surface area contributed by atoms with Crippen molar-refractivity contribution in [3.63, 3.8) is 0 Å². The summed E-state index contributed by atoms with van der Waals surface area (Å²) < 4.78 is 0. The van der Waals surface area contributed by atoms with Crippen LogP contribution in [0.5, 0.6) is 11.5 Å². The Morgan fingerprint density at radius 3 is 2.84 bits per heavy atom. The van der Waals surface area contributed by atoms with Gasteiger partial charge in [0.05, 0.1) is 5.56 Å². The van der Waals surface area contributed by atoms with Gasteiger partial charge in [0.25, 0.3) is 5.91 Å². The molecule has 1 fully saturated rings. The van der Waals surface area contributed by atoms with Crippen molar-refractivity contribution in [1.29, 1.82) is 0 Å². The number of aromatic hydroxyl groups is 2. The van der Waals surface area contributed by atoms with Gasteiger partial charge in [0, 0.05) is 25.8 Å². The van der Waals surface area contributed by atoms with Crippen LogP contribution in [0.2, 0.25) is 0 Å². The van der Waals surface area contributed by atoms with Crippen molar-refractivity contribution in [1.82, 2.24) is 4.90 Å². The van der Waals surface area contributed by atoms with E-state index in [4.69, 9.17) is 5.11 Å². The largest absolute Gasteiger partial charge is 0.508 e. The van der Waals surface area contributed by atoms with Gasteiger partial charge in [-0.1, -0.05) is 0 Å². The molecule has 1 atom stereocenters. The summed E-state index contributed by atoms with van der Waals surface area (Å²) in [5.41, 5.74) is 0.211. The molecule has 0 spiro atoms. The van der Waals surface area contributed by atoms with E-state index in [1.165, 1.54) is 18.2 Å². The van der Waals surface area contributed by atoms with Crippen LogP contribution < -0.4 is 0 Å². The molecular formula is C14H19NO4. The van der Waals surface area contributed by atoms with Crippen LogP contribution in [0.3, 0.4) is 0 Å². The zero-order valence-electron chi connectivity index (χ0n) is 10.7. The molecule has 1 saturated heterocycles. The number of hydrogen-bond donors (Lipinski definition) is 3. The summed E-state index contributed by atoms with van der Waals surface area (Å²) in [5.74, 6) is -0.165. The smallest absolute Gasteiger partial charge is 0.257 e. The summed E-state index contributed by atoms with van der Waals surface area (Å²) in [6.45, 7) is 1.41. The highest BCUT2D eigenvalue weighted by Crippen LogP contribution is 2.26. The van der Waals surface area contributed by atoms with Crippen molar-refractivity contribution in [3.8, 4) is 11.5 Å². The molecule has 0 saturated carbocycles. The maximum Gasteiger partial charge on any atom is 0.257 e. The fraction of sp³-hybridized carbons (Fsp3) is 0.500. The third-order valence-electron chi connectivity index (χ3n) is 3.56. The molecule has 1 amide bonds. The average Bonchev–Trinajstić information content (AvgIpc) is 2.39. The minimum absolute atomic E-state index is 0.0640. The van der Waals surface area contributed by atoms with Gasteiger partial charge in [0.2, 0.25) is 0 Å². The molecule has 1 aromatic rings. The van der Waals surface area contributed by atoms with Gasteiger partial charge in [-0.05, 0) is 37.3 Å². The SMILES string of the molecule is O=C(c1ccc(O)cc1O)N1CCCC(CCO)C1. The Bertz CT molecular complexity index is 459. The van der Waals surface area contributed by atoms with Gasteiger partial charge < -0.3 is 20.2 Å². The minimum Gasteiger partial charge on any atom is -0.508 e. The predicted molar refractivity (Wildman–Crippen MR) is 70.1 cm³/mol. The van der Waals surface area contributed by atoms with Crippen LogP contribution in [-0.4, -0.2) is 45.8 Å². The van der Waals surface area contributed by atoms with E-state index >= 15 is 0 Å². The first-order chi connectivity index (χ1) is 9.11. The van der Waals surface area contributed by atoms with E-state index in [9.17, 15) is 15.0 Å². The average molecular weight is 265 g/mol. The van der Waals surface area contributed by atoms with Gasteiger partial charge in [-0.2, -0.15) is 0 Å². The van der Waals surface area contributed by atoms with E-state index in [0.717, 1.165) is 12.8 Å². The lowest BCUT2D eigenvalue weighted by atomic mass is 9.94. The first-order valence-corrected chi connectivity index (χ1v) is 6.54. The maximum atomic E-state index is 12.3. The molecule has 1 aliphatic rings. The topological polar surface area (TPSA) is 81.0 Å². The number of benzene rings is 1. The third-order valence-corrected chi connectivity index (χ3v) is 3.56. The summed E-state index contributed by atoms with van der Waals surface area (Å²) in [7, 11) is 0. The summed E-state index contributed by atoms with van der Waals surface area (Å²) in [4.78, 5) is 14.0. The first-order valence-electron chi connectivity index (χ1n) is 6.54. The number of carbonyl (C=O) groups is 1. The number of amides is 1. The number of aliphatic hydroxyl groups is 1. The lowest BCUT2D eigenvalue weighted by Crippen LogP contribution is -2.40. The molecule has 3 N–H and O–H groups in total. The highest BCUT2D eigenvalue weighted by Gasteiger charge is 2.25. The van der Waals surface area contributed by atoms with E-state index in [2.05, 4.69) is 0 Å². The number of piperidine rings is 1. The zero-order valence-corrected chi connectivity index (χ0v) is 10.7. The molecule has 104 valence electrons. The van der Waals surface area contributed by atoms with E-state index < -0.39 is 0 Å². The van der Waals surface area contributed by atoms with Crippen LogP contribution in [0.4, 0.5) is 0 Å². The van der Waals surface area contributed by atoms with Gasteiger partial charge in [0.15, 0.2) is 0 Å². The Balaban J connectivity index is 2.10. The molecule has 1 heterocycles. The van der Waals surface area contributed by atoms with Gasteiger partial charge >= 0.3 is 0 Å². The normalized spacial score (nSPS) is 19.4. The van der Waals surface area contributed by atoms with Crippen LogP contribution in [0.25, 0.3) is 0 Å². The molecule has 0 bridgehead atoms. The number of likely N-dealkylation sites (tertiary alicyclic amines) is 1. The number of carbonyl (C=O) groups excluding carboxylic acids is 1. The number of rotatable bonds is 3. The van der Waals surface area contributed by atoms with Crippen LogP contribution in [0, 0.1) is 5.92 Å². The second-order valence-electron chi connectivity index (χ2n) is 4.97. The van der Waals surface area contributed by atoms with E-state index in [0.29, 0.717) is 25.4 Å². The molecule has 0 aromatic heterocycles. The second-order valence-corrected chi connectivity index (χ2v) is 4.97. The molecule has 19 heavy (non-hydrogen) atoms. The van der Waals surface area contributed by atoms with Gasteiger partial charge in [-0.25, -0.2) is 0 Å². The highest BCUT2D eigenvalue weighted by molar-refractivity contribution is 5.97. The number of phenols is 2. The fourth-order valence-corrected chi connectivity index (χ4v) is 2.54. The molecule has 5 heteroatoms. The molecule has 2 rings (SSSR count). The molecular weight excluding hydrogens is 246 g/mol. The minimum atomic E-state index is -0.222. The van der Waals surface area contributed by atoms with Gasteiger partial charge in [0.1, 0.15) is 11.5 Å². The molecule has 0 radical (unpaired) electrons. The fourth-order valence-electron chi connectivity index (χ4n) is 2.54. The van der Waals surface area contributed by atoms with Crippen molar-refractivity contribution < 1.29 is 20.1 Å². The van der Waals surface area contributed by atoms with Crippen LogP contribution in [0.1, 0.15) is 29.6 Å². The first kappa shape index (κ1) is 13.7. The van der Waals surface area contributed by atoms with Crippen LogP contribution >= 0.6 is 0 Å². The molecule has 0 aliphatic carbocycles. The maximum absolute atomic E-state index is 12.3.